The predicted octanol–water partition coefficient (Wildman–Crippen LogP) is -0.270. The normalized spacial score (nSPS) is 8.00. The average Bonchev–Trinajstić information content (AvgIpc) is 1.80. The van der Waals surface area contributed by atoms with Crippen molar-refractivity contribution in [3.63, 3.8) is 0 Å². The maximum Gasteiger partial charge on any atom is 0.303 e. The molecule has 0 fully saturated rings. The molecule has 3 heteroatoms. The monoisotopic (exact) mass is 127 g/mol. The highest BCUT2D eigenvalue weighted by Crippen LogP contribution is 1.69. The molecule has 1 N–H and O–H groups in total. The second-order valence-electron chi connectivity index (χ2n) is 1.41. The van der Waals surface area contributed by atoms with Crippen LogP contribution in [0.3, 0.4) is 0 Å². The molecule has 9 heavy (non-hydrogen) atoms. The van der Waals surface area contributed by atoms with E-state index in [1.54, 1.807) is 0 Å². The van der Waals surface area contributed by atoms with Gasteiger partial charge in [0.2, 0.25) is 0 Å². The van der Waals surface area contributed by atoms with E-state index in [-0.39, 0.29) is 12.7 Å². The fourth-order valence-corrected chi connectivity index (χ4v) is 0.276. The van der Waals surface area contributed by atoms with E-state index in [1.165, 1.54) is 6.92 Å². The van der Waals surface area contributed by atoms with Crippen molar-refractivity contribution >= 4 is 5.97 Å². The molecule has 0 heterocycles. The zero-order valence-electron chi connectivity index (χ0n) is 5.31. The summed E-state index contributed by atoms with van der Waals surface area (Å²) in [7, 11) is 0. The number of rotatable bonds is 3. The molecule has 0 amide bonds. The molecule has 0 spiro atoms. The van der Waals surface area contributed by atoms with E-state index in [4.69, 9.17) is 6.42 Å². The van der Waals surface area contributed by atoms with Crippen LogP contribution in [-0.4, -0.2) is 19.2 Å². The summed E-state index contributed by atoms with van der Waals surface area (Å²) in [5, 5.41) is 2.69. The average molecular weight is 127 g/mol. The smallest absolute Gasteiger partial charge is 0.303 e. The van der Waals surface area contributed by atoms with Crippen LogP contribution in [0.15, 0.2) is 0 Å². The van der Waals surface area contributed by atoms with Gasteiger partial charge in [0, 0.05) is 6.92 Å². The van der Waals surface area contributed by atoms with Crippen molar-refractivity contribution in [1.29, 1.82) is 0 Å². The van der Waals surface area contributed by atoms with E-state index in [1.807, 2.05) is 0 Å². The molecule has 50 valence electrons. The molecule has 0 aliphatic carbocycles. The summed E-state index contributed by atoms with van der Waals surface area (Å²) in [4.78, 5) is 10.1. The summed E-state index contributed by atoms with van der Waals surface area (Å²) >= 11 is 0. The molecule has 0 aliphatic heterocycles. The number of nitrogens with one attached hydrogen (secondary N) is 1. The van der Waals surface area contributed by atoms with Gasteiger partial charge in [0.05, 0.1) is 6.54 Å². The molecule has 0 unspecified atom stereocenters. The Morgan fingerprint density at radius 2 is 2.56 bits per heavy atom. The lowest BCUT2D eigenvalue weighted by Gasteiger charge is -1.98. The van der Waals surface area contributed by atoms with Crippen LogP contribution in [0.2, 0.25) is 0 Å². The van der Waals surface area contributed by atoms with Crippen molar-refractivity contribution in [3.8, 4) is 12.3 Å². The van der Waals surface area contributed by atoms with Crippen LogP contribution in [-0.2, 0) is 9.53 Å². The molecule has 0 atom stereocenters. The lowest BCUT2D eigenvalue weighted by molar-refractivity contribution is -0.141. The van der Waals surface area contributed by atoms with Crippen molar-refractivity contribution < 1.29 is 9.53 Å². The topological polar surface area (TPSA) is 38.3 Å². The lowest BCUT2D eigenvalue weighted by atomic mass is 10.7. The Morgan fingerprint density at radius 3 is 3.00 bits per heavy atom. The quantitative estimate of drug-likeness (QED) is 0.245. The Morgan fingerprint density at radius 1 is 1.89 bits per heavy atom. The Kier molecular flexibility index (Phi) is 4.56. The zero-order chi connectivity index (χ0) is 7.11. The fourth-order valence-electron chi connectivity index (χ4n) is 0.276. The van der Waals surface area contributed by atoms with Gasteiger partial charge < -0.3 is 4.74 Å². The van der Waals surface area contributed by atoms with Crippen LogP contribution in [0.4, 0.5) is 0 Å². The van der Waals surface area contributed by atoms with E-state index in [9.17, 15) is 4.79 Å². The van der Waals surface area contributed by atoms with Gasteiger partial charge in [-0.3, -0.25) is 10.1 Å². The molecule has 0 aliphatic rings. The van der Waals surface area contributed by atoms with E-state index < -0.39 is 0 Å². The number of carbonyl (C=O) groups is 1. The van der Waals surface area contributed by atoms with Crippen molar-refractivity contribution in [2.24, 2.45) is 0 Å². The van der Waals surface area contributed by atoms with Crippen molar-refractivity contribution in [1.82, 2.24) is 5.32 Å². The summed E-state index contributed by atoms with van der Waals surface area (Å²) in [5.74, 6) is 2.03. The number of hydrogen-bond donors (Lipinski definition) is 1. The highest BCUT2D eigenvalue weighted by molar-refractivity contribution is 5.65. The highest BCUT2D eigenvalue weighted by Gasteiger charge is 1.87. The predicted molar refractivity (Wildman–Crippen MR) is 33.5 cm³/mol. The van der Waals surface area contributed by atoms with Crippen molar-refractivity contribution in [2.45, 2.75) is 6.92 Å². The lowest BCUT2D eigenvalue weighted by Crippen LogP contribution is -2.19. The van der Waals surface area contributed by atoms with Crippen LogP contribution >= 0.6 is 0 Å². The van der Waals surface area contributed by atoms with Gasteiger partial charge in [-0.25, -0.2) is 0 Å². The van der Waals surface area contributed by atoms with E-state index in [0.717, 1.165) is 0 Å². The van der Waals surface area contributed by atoms with Crippen LogP contribution in [0.25, 0.3) is 0 Å². The van der Waals surface area contributed by atoms with Gasteiger partial charge in [0.25, 0.3) is 0 Å². The SMILES string of the molecule is C#CCNCOC(C)=O. The second-order valence-corrected chi connectivity index (χ2v) is 1.41. The van der Waals surface area contributed by atoms with Crippen molar-refractivity contribution in [3.05, 3.63) is 0 Å². The van der Waals surface area contributed by atoms with Gasteiger partial charge in [-0.05, 0) is 0 Å². The number of esters is 1. The molecule has 0 aromatic rings. The number of terminal acetylenes is 1. The minimum atomic E-state index is -0.306. The largest absolute Gasteiger partial charge is 0.450 e. The Hall–Kier alpha value is -1.01. The molecular weight excluding hydrogens is 118 g/mol. The van der Waals surface area contributed by atoms with Gasteiger partial charge in [-0.2, -0.15) is 0 Å². The first-order valence-electron chi connectivity index (χ1n) is 2.55. The zero-order valence-corrected chi connectivity index (χ0v) is 5.31. The summed E-state index contributed by atoms with van der Waals surface area (Å²) in [5.41, 5.74) is 0. The maximum absolute atomic E-state index is 10.1. The van der Waals surface area contributed by atoms with Crippen LogP contribution in [0.5, 0.6) is 0 Å². The minimum Gasteiger partial charge on any atom is -0.450 e. The molecule has 0 rings (SSSR count). The molecule has 0 aromatic carbocycles. The molecule has 0 saturated heterocycles. The molecule has 3 nitrogen and oxygen atoms in total. The van der Waals surface area contributed by atoms with E-state index >= 15 is 0 Å². The third-order valence-electron chi connectivity index (χ3n) is 0.605. The van der Waals surface area contributed by atoms with Gasteiger partial charge in [0.1, 0.15) is 6.73 Å². The first-order valence-corrected chi connectivity index (χ1v) is 2.55. The molecule has 0 aromatic heterocycles. The summed E-state index contributed by atoms with van der Waals surface area (Å²) in [6, 6.07) is 0. The highest BCUT2D eigenvalue weighted by atomic mass is 16.5. The summed E-state index contributed by atoms with van der Waals surface area (Å²) in [6.45, 7) is 1.96. The van der Waals surface area contributed by atoms with Gasteiger partial charge in [-0.1, -0.05) is 5.92 Å². The fraction of sp³-hybridized carbons (Fsp3) is 0.500. The Bertz CT molecular complexity index is 126. The van der Waals surface area contributed by atoms with Crippen molar-refractivity contribution in [2.75, 3.05) is 13.3 Å². The maximum atomic E-state index is 10.1. The molecule has 0 saturated carbocycles. The minimum absolute atomic E-state index is 0.194. The van der Waals surface area contributed by atoms with Gasteiger partial charge in [0.15, 0.2) is 0 Å². The standard InChI is InChI=1S/C6H9NO2/c1-3-4-7-5-9-6(2)8/h1,7H,4-5H2,2H3. The first kappa shape index (κ1) is 7.99. The Labute approximate surface area is 54.4 Å². The van der Waals surface area contributed by atoms with Gasteiger partial charge in [-0.15, -0.1) is 6.42 Å². The third kappa shape index (κ3) is 6.99. The number of ether oxygens (including phenoxy) is 1. The summed E-state index contributed by atoms with van der Waals surface area (Å²) < 4.78 is 4.50. The number of carbonyl (C=O) groups excluding carboxylic acids is 1. The third-order valence-corrected chi connectivity index (χ3v) is 0.605. The first-order chi connectivity index (χ1) is 4.27. The second kappa shape index (κ2) is 5.13. The van der Waals surface area contributed by atoms with Crippen LogP contribution in [0, 0.1) is 12.3 Å². The van der Waals surface area contributed by atoms with E-state index in [0.29, 0.717) is 6.54 Å². The van der Waals surface area contributed by atoms with Crippen LogP contribution < -0.4 is 5.32 Å². The molecular formula is C6H9NO2. The summed E-state index contributed by atoms with van der Waals surface area (Å²) in [6.07, 6.45) is 4.89. The Balaban J connectivity index is 2.94. The van der Waals surface area contributed by atoms with Gasteiger partial charge >= 0.3 is 5.97 Å². The van der Waals surface area contributed by atoms with E-state index in [2.05, 4.69) is 16.0 Å². The molecule has 0 bridgehead atoms. The molecule has 0 radical (unpaired) electrons. The number of hydrogen-bond acceptors (Lipinski definition) is 3. The van der Waals surface area contributed by atoms with Crippen LogP contribution in [0.1, 0.15) is 6.92 Å².